The Bertz CT molecular complexity index is 1220. The Labute approximate surface area is 212 Å². The van der Waals surface area contributed by atoms with Crippen molar-refractivity contribution in [1.29, 1.82) is 0 Å². The molecule has 0 saturated carbocycles. The minimum absolute atomic E-state index is 0.0731. The Balaban J connectivity index is 1.66. The standard InChI is InChI=1S/C24H23Cl3N4O3/c1-14-21(23(32)28-18-9-11-30(12-10-18)24(33)34-2)29-31(20-8-7-17(26)13-19(20)27)22(14)15-3-5-16(25)6-4-15/h3-8,13,18H,9-12H2,1-2H3,(H,28,32). The summed E-state index contributed by atoms with van der Waals surface area (Å²) in [5.74, 6) is -0.284. The van der Waals surface area contributed by atoms with Gasteiger partial charge in [-0.15, -0.1) is 0 Å². The minimum atomic E-state index is -0.355. The number of piperidine rings is 1. The third kappa shape index (κ3) is 5.02. The number of aromatic nitrogens is 2. The second-order valence-corrected chi connectivity index (χ2v) is 9.32. The number of carbonyl (C=O) groups is 2. The summed E-state index contributed by atoms with van der Waals surface area (Å²) in [5, 5.41) is 9.23. The molecule has 10 heteroatoms. The average Bonchev–Trinajstić information content (AvgIpc) is 3.16. The number of carbonyl (C=O) groups excluding carboxylic acids is 2. The summed E-state index contributed by atoms with van der Waals surface area (Å²) < 4.78 is 6.43. The first-order chi connectivity index (χ1) is 16.3. The van der Waals surface area contributed by atoms with Gasteiger partial charge in [0, 0.05) is 40.3 Å². The van der Waals surface area contributed by atoms with Crippen LogP contribution in [0.5, 0.6) is 0 Å². The van der Waals surface area contributed by atoms with Gasteiger partial charge < -0.3 is 15.0 Å². The number of likely N-dealkylation sites (tertiary alicyclic amines) is 1. The summed E-state index contributed by atoms with van der Waals surface area (Å²) in [6, 6.07) is 12.4. The number of nitrogens with one attached hydrogen (secondary N) is 1. The fourth-order valence-corrected chi connectivity index (χ4v) is 4.69. The molecule has 0 unspecified atom stereocenters. The number of ether oxygens (including phenoxy) is 1. The highest BCUT2D eigenvalue weighted by Crippen LogP contribution is 2.33. The van der Waals surface area contributed by atoms with Crippen molar-refractivity contribution in [3.05, 3.63) is 68.8 Å². The summed E-state index contributed by atoms with van der Waals surface area (Å²) in [6.45, 7) is 2.88. The lowest BCUT2D eigenvalue weighted by Crippen LogP contribution is -2.46. The van der Waals surface area contributed by atoms with Crippen LogP contribution in [0.4, 0.5) is 4.79 Å². The van der Waals surface area contributed by atoms with E-state index in [9.17, 15) is 9.59 Å². The molecule has 0 radical (unpaired) electrons. The highest BCUT2D eigenvalue weighted by atomic mass is 35.5. The van der Waals surface area contributed by atoms with Crippen molar-refractivity contribution in [2.75, 3.05) is 20.2 Å². The zero-order valence-electron chi connectivity index (χ0n) is 18.6. The van der Waals surface area contributed by atoms with Crippen LogP contribution in [0.2, 0.25) is 15.1 Å². The van der Waals surface area contributed by atoms with Crippen molar-refractivity contribution in [1.82, 2.24) is 20.0 Å². The van der Waals surface area contributed by atoms with Crippen LogP contribution in [0.1, 0.15) is 28.9 Å². The van der Waals surface area contributed by atoms with E-state index in [-0.39, 0.29) is 18.0 Å². The second-order valence-electron chi connectivity index (χ2n) is 8.04. The van der Waals surface area contributed by atoms with E-state index in [2.05, 4.69) is 10.4 Å². The molecule has 1 aromatic heterocycles. The molecular weight excluding hydrogens is 499 g/mol. The molecule has 2 amide bonds. The highest BCUT2D eigenvalue weighted by Gasteiger charge is 2.28. The Kier molecular flexibility index (Phi) is 7.36. The van der Waals surface area contributed by atoms with Crippen molar-refractivity contribution in [2.45, 2.75) is 25.8 Å². The van der Waals surface area contributed by atoms with Crippen molar-refractivity contribution in [3.8, 4) is 16.9 Å². The summed E-state index contributed by atoms with van der Waals surface area (Å²) in [7, 11) is 1.36. The van der Waals surface area contributed by atoms with Crippen LogP contribution in [0.25, 0.3) is 16.9 Å². The Hall–Kier alpha value is -2.74. The number of rotatable bonds is 4. The zero-order chi connectivity index (χ0) is 24.4. The fourth-order valence-electron chi connectivity index (χ4n) is 4.07. The van der Waals surface area contributed by atoms with Crippen LogP contribution in [0.15, 0.2) is 42.5 Å². The van der Waals surface area contributed by atoms with Gasteiger partial charge in [0.05, 0.1) is 23.5 Å². The van der Waals surface area contributed by atoms with Gasteiger partial charge >= 0.3 is 6.09 Å². The van der Waals surface area contributed by atoms with Crippen LogP contribution in [-0.2, 0) is 4.74 Å². The molecule has 0 spiro atoms. The molecule has 2 heterocycles. The molecule has 1 saturated heterocycles. The first-order valence-electron chi connectivity index (χ1n) is 10.7. The normalized spacial score (nSPS) is 14.2. The molecule has 2 aromatic carbocycles. The maximum absolute atomic E-state index is 13.3. The molecule has 0 atom stereocenters. The molecule has 0 aliphatic carbocycles. The summed E-state index contributed by atoms with van der Waals surface area (Å²) in [5.41, 5.74) is 3.17. The van der Waals surface area contributed by atoms with Gasteiger partial charge in [-0.25, -0.2) is 9.48 Å². The van der Waals surface area contributed by atoms with Gasteiger partial charge in [-0.05, 0) is 50.1 Å². The Morgan fingerprint density at radius 1 is 1.03 bits per heavy atom. The largest absolute Gasteiger partial charge is 0.453 e. The van der Waals surface area contributed by atoms with Crippen molar-refractivity contribution in [2.24, 2.45) is 0 Å². The molecule has 1 aliphatic heterocycles. The van der Waals surface area contributed by atoms with E-state index in [1.807, 2.05) is 19.1 Å². The van der Waals surface area contributed by atoms with E-state index in [0.29, 0.717) is 57.9 Å². The molecular formula is C24H23Cl3N4O3. The van der Waals surface area contributed by atoms with E-state index < -0.39 is 0 Å². The SMILES string of the molecule is COC(=O)N1CCC(NC(=O)c2nn(-c3ccc(Cl)cc3Cl)c(-c3ccc(Cl)cc3)c2C)CC1. The van der Waals surface area contributed by atoms with Gasteiger partial charge in [0.1, 0.15) is 0 Å². The number of nitrogens with zero attached hydrogens (tertiary/aromatic N) is 3. The fraction of sp³-hybridized carbons (Fsp3) is 0.292. The predicted octanol–water partition coefficient (Wildman–Crippen LogP) is 5.77. The van der Waals surface area contributed by atoms with Crippen LogP contribution in [-0.4, -0.2) is 52.9 Å². The molecule has 1 fully saturated rings. The van der Waals surface area contributed by atoms with Gasteiger partial charge in [0.25, 0.3) is 5.91 Å². The third-order valence-corrected chi connectivity index (χ3v) is 6.65. The van der Waals surface area contributed by atoms with E-state index >= 15 is 0 Å². The monoisotopic (exact) mass is 520 g/mol. The van der Waals surface area contributed by atoms with E-state index in [0.717, 1.165) is 11.3 Å². The van der Waals surface area contributed by atoms with Gasteiger partial charge in [0.2, 0.25) is 0 Å². The molecule has 3 aromatic rings. The van der Waals surface area contributed by atoms with Gasteiger partial charge in [-0.3, -0.25) is 4.79 Å². The van der Waals surface area contributed by atoms with E-state index in [1.165, 1.54) is 7.11 Å². The van der Waals surface area contributed by atoms with Crippen LogP contribution >= 0.6 is 34.8 Å². The molecule has 1 aliphatic rings. The number of amides is 2. The van der Waals surface area contributed by atoms with Gasteiger partial charge in [-0.1, -0.05) is 46.9 Å². The second kappa shape index (κ2) is 10.3. The maximum Gasteiger partial charge on any atom is 0.409 e. The van der Waals surface area contributed by atoms with Crippen molar-refractivity contribution >= 4 is 46.8 Å². The first kappa shape index (κ1) is 24.4. The molecule has 0 bridgehead atoms. The lowest BCUT2D eigenvalue weighted by molar-refractivity contribution is 0.0887. The third-order valence-electron chi connectivity index (χ3n) is 5.86. The lowest BCUT2D eigenvalue weighted by atomic mass is 10.0. The first-order valence-corrected chi connectivity index (χ1v) is 11.9. The van der Waals surface area contributed by atoms with E-state index in [4.69, 9.17) is 39.5 Å². The number of methoxy groups -OCH3 is 1. The highest BCUT2D eigenvalue weighted by molar-refractivity contribution is 6.35. The zero-order valence-corrected chi connectivity index (χ0v) is 20.9. The van der Waals surface area contributed by atoms with E-state index in [1.54, 1.807) is 39.9 Å². The smallest absolute Gasteiger partial charge is 0.409 e. The van der Waals surface area contributed by atoms with Crippen LogP contribution in [0.3, 0.4) is 0 Å². The summed E-state index contributed by atoms with van der Waals surface area (Å²) in [4.78, 5) is 26.6. The number of benzene rings is 2. The maximum atomic E-state index is 13.3. The molecule has 4 rings (SSSR count). The molecule has 7 nitrogen and oxygen atoms in total. The quantitative estimate of drug-likeness (QED) is 0.473. The number of hydrogen-bond acceptors (Lipinski definition) is 4. The Morgan fingerprint density at radius 3 is 2.29 bits per heavy atom. The van der Waals surface area contributed by atoms with Gasteiger partial charge in [-0.2, -0.15) is 5.10 Å². The summed E-state index contributed by atoms with van der Waals surface area (Å²) >= 11 is 18.7. The molecule has 178 valence electrons. The minimum Gasteiger partial charge on any atom is -0.453 e. The lowest BCUT2D eigenvalue weighted by Gasteiger charge is -2.31. The van der Waals surface area contributed by atoms with Crippen molar-refractivity contribution in [3.63, 3.8) is 0 Å². The predicted molar refractivity (Wildman–Crippen MR) is 133 cm³/mol. The van der Waals surface area contributed by atoms with Gasteiger partial charge in [0.15, 0.2) is 5.69 Å². The molecule has 34 heavy (non-hydrogen) atoms. The van der Waals surface area contributed by atoms with Crippen LogP contribution < -0.4 is 5.32 Å². The number of halogens is 3. The van der Waals surface area contributed by atoms with Crippen LogP contribution in [0, 0.1) is 6.92 Å². The molecule has 1 N–H and O–H groups in total. The summed E-state index contributed by atoms with van der Waals surface area (Å²) in [6.07, 6.45) is 0.910. The number of hydrogen-bond donors (Lipinski definition) is 1. The van der Waals surface area contributed by atoms with Crippen molar-refractivity contribution < 1.29 is 14.3 Å². The average molecular weight is 522 g/mol. The Morgan fingerprint density at radius 2 is 1.68 bits per heavy atom. The topological polar surface area (TPSA) is 76.5 Å².